The molecule has 0 saturated carbocycles. The van der Waals surface area contributed by atoms with Gasteiger partial charge in [0.05, 0.1) is 18.0 Å². The van der Waals surface area contributed by atoms with Gasteiger partial charge in [0.25, 0.3) is 0 Å². The predicted molar refractivity (Wildman–Crippen MR) is 54.4 cm³/mol. The van der Waals surface area contributed by atoms with E-state index in [4.69, 9.17) is 9.88 Å². The van der Waals surface area contributed by atoms with Gasteiger partial charge in [0.15, 0.2) is 0 Å². The largest absolute Gasteiger partial charge is 0.373 e. The number of rotatable bonds is 3. The molecule has 0 amide bonds. The number of ether oxygens (including phenoxy) is 1. The Kier molecular flexibility index (Phi) is 3.88. The van der Waals surface area contributed by atoms with Gasteiger partial charge in [0.1, 0.15) is 0 Å². The lowest BCUT2D eigenvalue weighted by Crippen LogP contribution is -2.47. The van der Waals surface area contributed by atoms with Crippen molar-refractivity contribution in [2.24, 2.45) is 5.14 Å². The highest BCUT2D eigenvalue weighted by Crippen LogP contribution is 2.09. The normalized spacial score (nSPS) is 30.5. The first-order valence-corrected chi connectivity index (χ1v) is 6.46. The van der Waals surface area contributed by atoms with E-state index in [0.29, 0.717) is 6.54 Å². The first-order chi connectivity index (χ1) is 6.37. The van der Waals surface area contributed by atoms with E-state index in [1.165, 1.54) is 0 Å². The Hall–Kier alpha value is -0.170. The summed E-state index contributed by atoms with van der Waals surface area (Å²) >= 11 is 0. The number of hydrogen-bond acceptors (Lipinski definition) is 4. The van der Waals surface area contributed by atoms with E-state index in [1.54, 1.807) is 0 Å². The SMILES string of the molecule is CC1CN(CCS(N)(=O)=O)CC(C)O1. The molecule has 1 aliphatic heterocycles. The third-order valence-corrected chi connectivity index (χ3v) is 2.94. The molecule has 2 unspecified atom stereocenters. The lowest BCUT2D eigenvalue weighted by molar-refractivity contribution is -0.0662. The van der Waals surface area contributed by atoms with Crippen LogP contribution in [0.15, 0.2) is 0 Å². The quantitative estimate of drug-likeness (QED) is 0.691. The molecule has 0 bridgehead atoms. The van der Waals surface area contributed by atoms with Crippen LogP contribution < -0.4 is 5.14 Å². The van der Waals surface area contributed by atoms with Crippen LogP contribution in [-0.4, -0.2) is 50.9 Å². The molecule has 0 spiro atoms. The molecule has 84 valence electrons. The molecule has 5 nitrogen and oxygen atoms in total. The third-order valence-electron chi connectivity index (χ3n) is 2.19. The fraction of sp³-hybridized carbons (Fsp3) is 1.00. The van der Waals surface area contributed by atoms with Gasteiger partial charge in [-0.15, -0.1) is 0 Å². The summed E-state index contributed by atoms with van der Waals surface area (Å²) < 4.78 is 27.0. The molecule has 0 aliphatic carbocycles. The molecular weight excluding hydrogens is 204 g/mol. The van der Waals surface area contributed by atoms with Gasteiger partial charge in [-0.2, -0.15) is 0 Å². The number of hydrogen-bond donors (Lipinski definition) is 1. The van der Waals surface area contributed by atoms with Crippen LogP contribution in [0.5, 0.6) is 0 Å². The molecule has 0 aromatic heterocycles. The van der Waals surface area contributed by atoms with Gasteiger partial charge in [0.2, 0.25) is 10.0 Å². The minimum absolute atomic E-state index is 0.0203. The van der Waals surface area contributed by atoms with Crippen LogP contribution in [0.3, 0.4) is 0 Å². The summed E-state index contributed by atoms with van der Waals surface area (Å²) in [5.41, 5.74) is 0. The smallest absolute Gasteiger partial charge is 0.210 e. The van der Waals surface area contributed by atoms with Crippen molar-refractivity contribution >= 4 is 10.0 Å². The fourth-order valence-corrected chi connectivity index (χ4v) is 2.24. The molecule has 14 heavy (non-hydrogen) atoms. The molecule has 1 heterocycles. The Balaban J connectivity index is 2.38. The monoisotopic (exact) mass is 222 g/mol. The van der Waals surface area contributed by atoms with Gasteiger partial charge in [-0.05, 0) is 13.8 Å². The molecule has 2 N–H and O–H groups in total. The fourth-order valence-electron chi connectivity index (χ4n) is 1.72. The lowest BCUT2D eigenvalue weighted by atomic mass is 10.2. The van der Waals surface area contributed by atoms with Crippen LogP contribution in [0.1, 0.15) is 13.8 Å². The van der Waals surface area contributed by atoms with Gasteiger partial charge >= 0.3 is 0 Å². The number of nitrogens with two attached hydrogens (primary N) is 1. The summed E-state index contributed by atoms with van der Waals surface area (Å²) in [6, 6.07) is 0. The zero-order valence-corrected chi connectivity index (χ0v) is 9.46. The molecule has 0 aromatic carbocycles. The Morgan fingerprint density at radius 2 is 1.86 bits per heavy atom. The van der Waals surface area contributed by atoms with Crippen LogP contribution in [0.2, 0.25) is 0 Å². The number of sulfonamides is 1. The van der Waals surface area contributed by atoms with E-state index in [9.17, 15) is 8.42 Å². The van der Waals surface area contributed by atoms with Crippen molar-refractivity contribution in [1.82, 2.24) is 4.90 Å². The van der Waals surface area contributed by atoms with Crippen molar-refractivity contribution in [3.8, 4) is 0 Å². The Morgan fingerprint density at radius 3 is 2.29 bits per heavy atom. The average Bonchev–Trinajstić information content (AvgIpc) is 1.97. The highest BCUT2D eigenvalue weighted by Gasteiger charge is 2.22. The van der Waals surface area contributed by atoms with Gasteiger partial charge in [-0.1, -0.05) is 0 Å². The first-order valence-electron chi connectivity index (χ1n) is 4.75. The molecule has 1 aliphatic rings. The molecule has 6 heteroatoms. The maximum Gasteiger partial charge on any atom is 0.210 e. The highest BCUT2D eigenvalue weighted by atomic mass is 32.2. The number of primary sulfonamides is 1. The summed E-state index contributed by atoms with van der Waals surface area (Å²) in [5, 5.41) is 4.94. The van der Waals surface area contributed by atoms with Gasteiger partial charge < -0.3 is 4.74 Å². The second-order valence-electron chi connectivity index (χ2n) is 3.88. The topological polar surface area (TPSA) is 72.6 Å². The first kappa shape index (κ1) is 11.9. The molecular formula is C8H18N2O3S. The Morgan fingerprint density at radius 1 is 1.36 bits per heavy atom. The highest BCUT2D eigenvalue weighted by molar-refractivity contribution is 7.89. The summed E-state index contributed by atoms with van der Waals surface area (Å²) in [7, 11) is -3.34. The van der Waals surface area contributed by atoms with Crippen molar-refractivity contribution in [1.29, 1.82) is 0 Å². The summed E-state index contributed by atoms with van der Waals surface area (Å²) in [6.45, 7) is 6.02. The van der Waals surface area contributed by atoms with E-state index in [-0.39, 0.29) is 18.0 Å². The minimum atomic E-state index is -3.34. The number of nitrogens with zero attached hydrogens (tertiary/aromatic N) is 1. The molecule has 1 fully saturated rings. The average molecular weight is 222 g/mol. The van der Waals surface area contributed by atoms with E-state index in [1.807, 2.05) is 13.8 Å². The van der Waals surface area contributed by atoms with Crippen LogP contribution in [0.25, 0.3) is 0 Å². The number of morpholine rings is 1. The van der Waals surface area contributed by atoms with Crippen molar-refractivity contribution < 1.29 is 13.2 Å². The van der Waals surface area contributed by atoms with Crippen molar-refractivity contribution in [3.63, 3.8) is 0 Å². The van der Waals surface area contributed by atoms with E-state index >= 15 is 0 Å². The zero-order chi connectivity index (χ0) is 10.8. The maximum absolute atomic E-state index is 10.8. The third kappa shape index (κ3) is 4.36. The molecule has 1 rings (SSSR count). The molecule has 2 atom stereocenters. The standard InChI is InChI=1S/C8H18N2O3S/c1-7-5-10(6-8(2)13-7)3-4-14(9,11)12/h7-8H,3-6H2,1-2H3,(H2,9,11,12). The van der Waals surface area contributed by atoms with Crippen LogP contribution >= 0.6 is 0 Å². The Labute approximate surface area is 85.3 Å². The molecule has 1 saturated heterocycles. The van der Waals surface area contributed by atoms with Crippen molar-refractivity contribution in [2.75, 3.05) is 25.4 Å². The second kappa shape index (κ2) is 4.57. The van der Waals surface area contributed by atoms with Gasteiger partial charge in [-0.3, -0.25) is 4.90 Å². The van der Waals surface area contributed by atoms with Crippen LogP contribution in [0, 0.1) is 0 Å². The summed E-state index contributed by atoms with van der Waals surface area (Å²) in [4.78, 5) is 2.07. The minimum Gasteiger partial charge on any atom is -0.373 e. The summed E-state index contributed by atoms with van der Waals surface area (Å²) in [5.74, 6) is 0.0203. The van der Waals surface area contributed by atoms with Gasteiger partial charge in [-0.25, -0.2) is 13.6 Å². The van der Waals surface area contributed by atoms with E-state index < -0.39 is 10.0 Å². The Bertz CT molecular complexity index is 268. The zero-order valence-electron chi connectivity index (χ0n) is 8.64. The van der Waals surface area contributed by atoms with Gasteiger partial charge in [0, 0.05) is 19.6 Å². The van der Waals surface area contributed by atoms with Crippen molar-refractivity contribution in [3.05, 3.63) is 0 Å². The van der Waals surface area contributed by atoms with E-state index in [2.05, 4.69) is 4.90 Å². The second-order valence-corrected chi connectivity index (χ2v) is 5.62. The van der Waals surface area contributed by atoms with Crippen LogP contribution in [-0.2, 0) is 14.8 Å². The molecule has 0 radical (unpaired) electrons. The maximum atomic E-state index is 10.8. The van der Waals surface area contributed by atoms with E-state index in [0.717, 1.165) is 13.1 Å². The molecule has 0 aromatic rings. The predicted octanol–water partition coefficient (Wildman–Crippen LogP) is -0.616. The van der Waals surface area contributed by atoms with Crippen LogP contribution in [0.4, 0.5) is 0 Å². The van der Waals surface area contributed by atoms with Crippen molar-refractivity contribution in [2.45, 2.75) is 26.1 Å². The summed E-state index contributed by atoms with van der Waals surface area (Å²) in [6.07, 6.45) is 0.332. The lowest BCUT2D eigenvalue weighted by Gasteiger charge is -2.35.